The summed E-state index contributed by atoms with van der Waals surface area (Å²) in [4.78, 5) is 33.8. The normalized spacial score (nSPS) is 15.2. The van der Waals surface area contributed by atoms with E-state index in [-0.39, 0.29) is 11.5 Å². The van der Waals surface area contributed by atoms with Gasteiger partial charge in [-0.15, -0.1) is 0 Å². The molecule has 0 bridgehead atoms. The Bertz CT molecular complexity index is 1080. The molecule has 0 aromatic heterocycles. The Hall–Kier alpha value is -2.69. The molecule has 4 N–H and O–H groups in total. The number of aliphatic hydroxyl groups excluding tert-OH is 3. The smallest absolute Gasteiger partial charge is 0.349 e. The fraction of sp³-hybridized carbons (Fsp3) is 0.412. The van der Waals surface area contributed by atoms with Crippen LogP contribution >= 0.6 is 0 Å². The molecule has 0 saturated heterocycles. The third-order valence-electron chi connectivity index (χ3n) is 4.53. The van der Waals surface area contributed by atoms with Crippen molar-refractivity contribution in [3.05, 3.63) is 44.1 Å². The van der Waals surface area contributed by atoms with E-state index in [2.05, 4.69) is 9.97 Å². The van der Waals surface area contributed by atoms with Crippen LogP contribution in [0.25, 0.3) is 22.6 Å². The van der Waals surface area contributed by atoms with Crippen molar-refractivity contribution in [1.82, 2.24) is 19.5 Å². The Morgan fingerprint density at radius 1 is 1.19 bits per heavy atom. The van der Waals surface area contributed by atoms with Crippen molar-refractivity contribution >= 4 is 11.0 Å². The number of fused-ring (bicyclic) bond motifs is 2. The first-order valence-corrected chi connectivity index (χ1v) is 8.25. The molecule has 0 unspecified atom stereocenters. The van der Waals surface area contributed by atoms with Crippen LogP contribution in [-0.2, 0) is 6.54 Å². The molecule has 27 heavy (non-hydrogen) atoms. The lowest BCUT2D eigenvalue weighted by molar-refractivity contribution is -0.0549. The number of benzene rings is 1. The minimum Gasteiger partial charge on any atom is -0.394 e. The van der Waals surface area contributed by atoms with Crippen LogP contribution in [0.4, 0.5) is 4.39 Å². The van der Waals surface area contributed by atoms with Crippen LogP contribution in [-0.4, -0.2) is 59.8 Å². The van der Waals surface area contributed by atoms with E-state index in [0.717, 1.165) is 11.1 Å². The van der Waals surface area contributed by atoms with Crippen molar-refractivity contribution in [2.45, 2.75) is 38.8 Å². The summed E-state index contributed by atoms with van der Waals surface area (Å²) in [5.41, 5.74) is 0.768. The summed E-state index contributed by atoms with van der Waals surface area (Å²) in [7, 11) is 0. The quantitative estimate of drug-likeness (QED) is 0.428. The van der Waals surface area contributed by atoms with Gasteiger partial charge in [-0.1, -0.05) is 0 Å². The topological polar surface area (TPSA) is 141 Å². The summed E-state index contributed by atoms with van der Waals surface area (Å²) in [6.45, 7) is 2.37. The van der Waals surface area contributed by atoms with Crippen LogP contribution in [0.3, 0.4) is 0 Å². The zero-order valence-corrected chi connectivity index (χ0v) is 14.7. The molecule has 1 aromatic carbocycles. The fourth-order valence-corrected chi connectivity index (χ4v) is 2.87. The van der Waals surface area contributed by atoms with E-state index < -0.39 is 42.8 Å². The third-order valence-corrected chi connectivity index (χ3v) is 4.53. The van der Waals surface area contributed by atoms with Crippen LogP contribution in [0.15, 0.2) is 21.7 Å². The van der Waals surface area contributed by atoms with E-state index in [1.54, 1.807) is 12.1 Å². The average Bonchev–Trinajstić information content (AvgIpc) is 2.62. The van der Waals surface area contributed by atoms with Gasteiger partial charge in [-0.25, -0.2) is 14.2 Å². The van der Waals surface area contributed by atoms with Gasteiger partial charge in [0, 0.05) is 0 Å². The highest BCUT2D eigenvalue weighted by molar-refractivity contribution is 5.81. The maximum absolute atomic E-state index is 14.6. The SMILES string of the molecule is Cc1cc2nc3c(=O)[nH]c(=O)nc-3n(C[C@@H](F)[C@H](O)[C@H](O)CO)c2cc1C. The predicted molar refractivity (Wildman–Crippen MR) is 94.5 cm³/mol. The summed E-state index contributed by atoms with van der Waals surface area (Å²) < 4.78 is 15.9. The Labute approximate surface area is 152 Å². The number of aromatic amines is 1. The van der Waals surface area contributed by atoms with Gasteiger partial charge in [0.25, 0.3) is 5.56 Å². The number of rotatable bonds is 5. The Kier molecular flexibility index (Phi) is 5.05. The number of alkyl halides is 1. The Morgan fingerprint density at radius 3 is 2.52 bits per heavy atom. The molecule has 10 heteroatoms. The minimum absolute atomic E-state index is 0.132. The molecule has 0 amide bonds. The number of nitrogens with one attached hydrogen (secondary N) is 1. The van der Waals surface area contributed by atoms with Crippen molar-refractivity contribution in [2.75, 3.05) is 6.61 Å². The lowest BCUT2D eigenvalue weighted by atomic mass is 10.1. The van der Waals surface area contributed by atoms with Crippen LogP contribution in [0.1, 0.15) is 11.1 Å². The summed E-state index contributed by atoms with van der Waals surface area (Å²) >= 11 is 0. The largest absolute Gasteiger partial charge is 0.394 e. The first kappa shape index (κ1) is 19.1. The average molecular weight is 378 g/mol. The molecule has 2 heterocycles. The molecule has 144 valence electrons. The monoisotopic (exact) mass is 378 g/mol. The summed E-state index contributed by atoms with van der Waals surface area (Å²) in [5, 5.41) is 28.2. The van der Waals surface area contributed by atoms with Gasteiger partial charge in [-0.3, -0.25) is 9.78 Å². The van der Waals surface area contributed by atoms with Crippen molar-refractivity contribution in [3.63, 3.8) is 0 Å². The number of aryl methyl sites for hydroxylation is 2. The first-order valence-electron chi connectivity index (χ1n) is 8.25. The van der Waals surface area contributed by atoms with E-state index in [1.807, 2.05) is 18.8 Å². The highest BCUT2D eigenvalue weighted by Gasteiger charge is 2.28. The molecule has 9 nitrogen and oxygen atoms in total. The molecule has 0 spiro atoms. The predicted octanol–water partition coefficient (Wildman–Crippen LogP) is -0.746. The van der Waals surface area contributed by atoms with Gasteiger partial charge >= 0.3 is 5.69 Å². The lowest BCUT2D eigenvalue weighted by Gasteiger charge is -2.23. The molecule has 2 aliphatic heterocycles. The van der Waals surface area contributed by atoms with E-state index in [1.165, 1.54) is 4.57 Å². The van der Waals surface area contributed by atoms with Gasteiger partial charge in [0.05, 0.1) is 24.2 Å². The number of aromatic nitrogens is 4. The molecule has 2 aliphatic rings. The molecule has 0 radical (unpaired) electrons. The summed E-state index contributed by atoms with van der Waals surface area (Å²) in [5.74, 6) is -0.132. The highest BCUT2D eigenvalue weighted by atomic mass is 19.1. The summed E-state index contributed by atoms with van der Waals surface area (Å²) in [6, 6.07) is 3.43. The van der Waals surface area contributed by atoms with Crippen LogP contribution in [0.5, 0.6) is 0 Å². The second-order valence-electron chi connectivity index (χ2n) is 6.45. The van der Waals surface area contributed by atoms with E-state index >= 15 is 0 Å². The second kappa shape index (κ2) is 7.14. The van der Waals surface area contributed by atoms with Crippen molar-refractivity contribution in [1.29, 1.82) is 0 Å². The molecule has 0 fully saturated rings. The molecular formula is C17H19FN4O5. The number of hydrogen-bond donors (Lipinski definition) is 4. The third kappa shape index (κ3) is 3.46. The maximum atomic E-state index is 14.6. The minimum atomic E-state index is -2.00. The number of hydrogen-bond acceptors (Lipinski definition) is 7. The van der Waals surface area contributed by atoms with Gasteiger partial charge in [0.2, 0.25) is 0 Å². The fourth-order valence-electron chi connectivity index (χ4n) is 2.87. The van der Waals surface area contributed by atoms with Crippen molar-refractivity contribution in [2.24, 2.45) is 0 Å². The molecule has 3 atom stereocenters. The van der Waals surface area contributed by atoms with Gasteiger partial charge < -0.3 is 19.9 Å². The second-order valence-corrected chi connectivity index (χ2v) is 6.45. The standard InChI is InChI=1S/C17H19FN4O5/c1-7-3-10-11(4-8(7)2)22(5-9(18)14(25)12(24)6-23)15-13(19-10)16(26)21-17(27)20-15/h3-4,9,12,14,23-25H,5-6H2,1-2H3,(H,21,26,27)/t9-,12-,14+/m1/s1. The van der Waals surface area contributed by atoms with Crippen molar-refractivity contribution in [3.8, 4) is 11.5 Å². The van der Waals surface area contributed by atoms with Crippen LogP contribution in [0.2, 0.25) is 0 Å². The maximum Gasteiger partial charge on any atom is 0.349 e. The molecule has 0 aliphatic carbocycles. The first-order chi connectivity index (χ1) is 12.7. The highest BCUT2D eigenvalue weighted by Crippen LogP contribution is 2.25. The van der Waals surface area contributed by atoms with Gasteiger partial charge in [0.15, 0.2) is 11.5 Å². The van der Waals surface area contributed by atoms with E-state index in [4.69, 9.17) is 5.11 Å². The zero-order chi connectivity index (χ0) is 19.9. The number of halogens is 1. The molecule has 1 aromatic rings. The van der Waals surface area contributed by atoms with E-state index in [9.17, 15) is 24.2 Å². The van der Waals surface area contributed by atoms with Gasteiger partial charge in [0.1, 0.15) is 18.4 Å². The molecule has 0 saturated carbocycles. The number of aliphatic hydroxyl groups is 3. The Morgan fingerprint density at radius 2 is 1.85 bits per heavy atom. The number of H-pyrrole nitrogens is 1. The Balaban J connectivity index is 2.28. The molecular weight excluding hydrogens is 359 g/mol. The molecule has 3 rings (SSSR count). The van der Waals surface area contributed by atoms with Gasteiger partial charge in [-0.05, 0) is 37.1 Å². The number of nitrogens with zero attached hydrogens (tertiary/aromatic N) is 3. The summed E-state index contributed by atoms with van der Waals surface area (Å²) in [6.07, 6.45) is -5.53. The van der Waals surface area contributed by atoms with E-state index in [0.29, 0.717) is 11.0 Å². The lowest BCUT2D eigenvalue weighted by Crippen LogP contribution is -2.40. The van der Waals surface area contributed by atoms with Crippen LogP contribution < -0.4 is 11.2 Å². The zero-order valence-electron chi connectivity index (χ0n) is 14.7. The van der Waals surface area contributed by atoms with Crippen LogP contribution in [0, 0.1) is 13.8 Å². The van der Waals surface area contributed by atoms with Crippen molar-refractivity contribution < 1.29 is 19.7 Å². The van der Waals surface area contributed by atoms with Gasteiger partial charge in [-0.2, -0.15) is 4.98 Å².